The van der Waals surface area contributed by atoms with E-state index in [0.29, 0.717) is 13.0 Å². The van der Waals surface area contributed by atoms with Crippen molar-refractivity contribution >= 4 is 17.2 Å². The minimum atomic E-state index is 0.195. The van der Waals surface area contributed by atoms with E-state index >= 15 is 0 Å². The number of rotatable bonds is 5. The van der Waals surface area contributed by atoms with E-state index in [-0.39, 0.29) is 11.9 Å². The lowest BCUT2D eigenvalue weighted by Crippen LogP contribution is -2.34. The first-order valence-electron chi connectivity index (χ1n) is 5.97. The highest BCUT2D eigenvalue weighted by atomic mass is 15.3. The van der Waals surface area contributed by atoms with Crippen LogP contribution in [0, 0.1) is 5.41 Å². The number of nitrogens with two attached hydrogens (primary N) is 1. The van der Waals surface area contributed by atoms with Gasteiger partial charge in [0.2, 0.25) is 0 Å². The van der Waals surface area contributed by atoms with E-state index in [4.69, 9.17) is 11.1 Å². The number of nitrogens with one attached hydrogen (secondary N) is 1. The molecule has 0 aliphatic heterocycles. The number of aromatic nitrogens is 3. The maximum atomic E-state index is 7.34. The molecule has 18 heavy (non-hydrogen) atoms. The van der Waals surface area contributed by atoms with Crippen molar-refractivity contribution in [2.75, 3.05) is 11.4 Å². The standard InChI is InChI=1S/C12H18N6/c1-9(2)17(7-4-11(13)14)12-10-3-5-16-18(10)8-6-15-12/h3,5-6,8-9H,4,7H2,1-2H3,(H3,13,14). The smallest absolute Gasteiger partial charge is 0.154 e. The Bertz CT molecular complexity index is 544. The number of amidine groups is 1. The Morgan fingerprint density at radius 3 is 2.94 bits per heavy atom. The SMILES string of the molecule is CC(C)N(CCC(=N)N)c1nccn2nccc12. The molecular formula is C12H18N6. The second-order valence-corrected chi connectivity index (χ2v) is 4.47. The van der Waals surface area contributed by atoms with E-state index in [9.17, 15) is 0 Å². The van der Waals surface area contributed by atoms with Crippen LogP contribution in [0.3, 0.4) is 0 Å². The third-order valence-electron chi connectivity index (χ3n) is 2.82. The van der Waals surface area contributed by atoms with E-state index in [0.717, 1.165) is 11.3 Å². The van der Waals surface area contributed by atoms with Crippen LogP contribution in [0.15, 0.2) is 24.7 Å². The quantitative estimate of drug-likeness (QED) is 0.614. The Morgan fingerprint density at radius 1 is 1.50 bits per heavy atom. The number of anilines is 1. The van der Waals surface area contributed by atoms with Crippen molar-refractivity contribution in [2.45, 2.75) is 26.3 Å². The summed E-state index contributed by atoms with van der Waals surface area (Å²) in [4.78, 5) is 6.57. The number of nitrogens with zero attached hydrogens (tertiary/aromatic N) is 4. The Hall–Kier alpha value is -2.11. The summed E-state index contributed by atoms with van der Waals surface area (Å²) in [6, 6.07) is 2.23. The molecule has 0 aromatic carbocycles. The van der Waals surface area contributed by atoms with Gasteiger partial charge in [-0.3, -0.25) is 5.41 Å². The molecule has 2 aromatic heterocycles. The number of fused-ring (bicyclic) bond motifs is 1. The van der Waals surface area contributed by atoms with Gasteiger partial charge in [0.15, 0.2) is 5.82 Å². The number of hydrogen-bond acceptors (Lipinski definition) is 4. The molecule has 0 atom stereocenters. The van der Waals surface area contributed by atoms with Crippen LogP contribution >= 0.6 is 0 Å². The van der Waals surface area contributed by atoms with Gasteiger partial charge in [0.1, 0.15) is 5.52 Å². The topological polar surface area (TPSA) is 83.3 Å². The zero-order valence-electron chi connectivity index (χ0n) is 10.7. The highest BCUT2D eigenvalue weighted by Crippen LogP contribution is 2.20. The van der Waals surface area contributed by atoms with Crippen molar-refractivity contribution < 1.29 is 0 Å². The predicted octanol–water partition coefficient (Wildman–Crippen LogP) is 1.27. The second kappa shape index (κ2) is 5.03. The van der Waals surface area contributed by atoms with Crippen molar-refractivity contribution in [1.82, 2.24) is 14.6 Å². The molecule has 2 rings (SSSR count). The Kier molecular flexibility index (Phi) is 3.45. The largest absolute Gasteiger partial charge is 0.388 e. The summed E-state index contributed by atoms with van der Waals surface area (Å²) in [7, 11) is 0. The molecule has 0 unspecified atom stereocenters. The predicted molar refractivity (Wildman–Crippen MR) is 72.0 cm³/mol. The molecule has 0 fully saturated rings. The third-order valence-corrected chi connectivity index (χ3v) is 2.82. The fraction of sp³-hybridized carbons (Fsp3) is 0.417. The first kappa shape index (κ1) is 12.3. The van der Waals surface area contributed by atoms with E-state index in [1.807, 2.05) is 12.3 Å². The summed E-state index contributed by atoms with van der Waals surface area (Å²) in [5, 5.41) is 11.5. The first-order chi connectivity index (χ1) is 8.59. The van der Waals surface area contributed by atoms with Gasteiger partial charge >= 0.3 is 0 Å². The summed E-state index contributed by atoms with van der Waals surface area (Å²) in [6.07, 6.45) is 5.85. The molecule has 0 saturated heterocycles. The van der Waals surface area contributed by atoms with E-state index in [2.05, 4.69) is 28.8 Å². The van der Waals surface area contributed by atoms with Crippen LogP contribution in [-0.2, 0) is 0 Å². The van der Waals surface area contributed by atoms with Crippen molar-refractivity contribution in [2.24, 2.45) is 5.73 Å². The average Bonchev–Trinajstić information content (AvgIpc) is 2.77. The highest BCUT2D eigenvalue weighted by Gasteiger charge is 2.15. The summed E-state index contributed by atoms with van der Waals surface area (Å²) in [5.41, 5.74) is 6.40. The summed E-state index contributed by atoms with van der Waals surface area (Å²) in [5.74, 6) is 1.08. The highest BCUT2D eigenvalue weighted by molar-refractivity contribution is 5.78. The molecule has 2 heterocycles. The molecule has 0 radical (unpaired) electrons. The van der Waals surface area contributed by atoms with Crippen LogP contribution in [0.4, 0.5) is 5.82 Å². The van der Waals surface area contributed by atoms with E-state index in [1.165, 1.54) is 0 Å². The molecule has 96 valence electrons. The molecule has 6 heteroatoms. The second-order valence-electron chi connectivity index (χ2n) is 4.47. The summed E-state index contributed by atoms with van der Waals surface area (Å²) < 4.78 is 1.80. The Balaban J connectivity index is 2.35. The van der Waals surface area contributed by atoms with E-state index in [1.54, 1.807) is 16.9 Å². The molecule has 0 spiro atoms. The van der Waals surface area contributed by atoms with Gasteiger partial charge < -0.3 is 10.6 Å². The fourth-order valence-electron chi connectivity index (χ4n) is 1.91. The monoisotopic (exact) mass is 246 g/mol. The summed E-state index contributed by atoms with van der Waals surface area (Å²) in [6.45, 7) is 4.88. The fourth-order valence-corrected chi connectivity index (χ4v) is 1.91. The molecular weight excluding hydrogens is 228 g/mol. The van der Waals surface area contributed by atoms with Gasteiger partial charge in [0, 0.05) is 31.4 Å². The van der Waals surface area contributed by atoms with Gasteiger partial charge in [-0.05, 0) is 19.9 Å². The Morgan fingerprint density at radius 2 is 2.28 bits per heavy atom. The molecule has 6 nitrogen and oxygen atoms in total. The zero-order valence-corrected chi connectivity index (χ0v) is 10.7. The van der Waals surface area contributed by atoms with Gasteiger partial charge in [-0.25, -0.2) is 9.50 Å². The number of hydrogen-bond donors (Lipinski definition) is 2. The summed E-state index contributed by atoms with van der Waals surface area (Å²) >= 11 is 0. The van der Waals surface area contributed by atoms with Gasteiger partial charge in [-0.2, -0.15) is 5.10 Å². The zero-order chi connectivity index (χ0) is 13.1. The van der Waals surface area contributed by atoms with Crippen molar-refractivity contribution in [1.29, 1.82) is 5.41 Å². The van der Waals surface area contributed by atoms with Crippen LogP contribution in [0.25, 0.3) is 5.52 Å². The lowest BCUT2D eigenvalue weighted by atomic mass is 10.2. The Labute approximate surface area is 106 Å². The van der Waals surface area contributed by atoms with Crippen LogP contribution < -0.4 is 10.6 Å². The minimum absolute atomic E-state index is 0.195. The molecule has 2 aromatic rings. The average molecular weight is 246 g/mol. The first-order valence-corrected chi connectivity index (χ1v) is 5.97. The molecule has 0 bridgehead atoms. The molecule has 3 N–H and O–H groups in total. The molecule has 0 amide bonds. The van der Waals surface area contributed by atoms with Gasteiger partial charge in [-0.15, -0.1) is 0 Å². The lowest BCUT2D eigenvalue weighted by Gasteiger charge is -2.28. The minimum Gasteiger partial charge on any atom is -0.388 e. The van der Waals surface area contributed by atoms with Gasteiger partial charge in [0.05, 0.1) is 12.0 Å². The van der Waals surface area contributed by atoms with Crippen molar-refractivity contribution in [3.05, 3.63) is 24.7 Å². The lowest BCUT2D eigenvalue weighted by molar-refractivity contribution is 0.679. The van der Waals surface area contributed by atoms with Gasteiger partial charge in [0.25, 0.3) is 0 Å². The van der Waals surface area contributed by atoms with Crippen LogP contribution in [0.1, 0.15) is 20.3 Å². The van der Waals surface area contributed by atoms with Crippen LogP contribution in [-0.4, -0.2) is 33.0 Å². The third kappa shape index (κ3) is 2.42. The van der Waals surface area contributed by atoms with E-state index < -0.39 is 0 Å². The molecule has 0 saturated carbocycles. The molecule has 0 aliphatic carbocycles. The van der Waals surface area contributed by atoms with Gasteiger partial charge in [-0.1, -0.05) is 0 Å². The van der Waals surface area contributed by atoms with Crippen LogP contribution in [0.5, 0.6) is 0 Å². The van der Waals surface area contributed by atoms with Crippen LogP contribution in [0.2, 0.25) is 0 Å². The van der Waals surface area contributed by atoms with Crippen molar-refractivity contribution in [3.63, 3.8) is 0 Å². The normalized spacial score (nSPS) is 11.1. The maximum Gasteiger partial charge on any atom is 0.154 e. The molecule has 0 aliphatic rings. The van der Waals surface area contributed by atoms with Crippen molar-refractivity contribution in [3.8, 4) is 0 Å². The maximum absolute atomic E-state index is 7.34.